The molecule has 2 saturated heterocycles. The summed E-state index contributed by atoms with van der Waals surface area (Å²) in [5.74, 6) is 0. The van der Waals surface area contributed by atoms with Crippen molar-refractivity contribution in [3.8, 4) is 6.07 Å². The molecular weight excluding hydrogens is 222 g/mol. The van der Waals surface area contributed by atoms with E-state index < -0.39 is 0 Å². The van der Waals surface area contributed by atoms with E-state index in [1.165, 1.54) is 37.9 Å². The minimum Gasteiger partial charge on any atom is -0.367 e. The Morgan fingerprint density at radius 2 is 2.00 bits per heavy atom. The lowest BCUT2D eigenvalue weighted by molar-refractivity contribution is 0.483. The van der Waals surface area contributed by atoms with E-state index in [1.54, 1.807) is 0 Å². The van der Waals surface area contributed by atoms with Crippen LogP contribution >= 0.6 is 0 Å². The Morgan fingerprint density at radius 1 is 1.17 bits per heavy atom. The molecule has 2 aliphatic rings. The van der Waals surface area contributed by atoms with Crippen LogP contribution in [0.4, 0.5) is 5.69 Å². The van der Waals surface area contributed by atoms with Crippen molar-refractivity contribution in [1.29, 1.82) is 5.26 Å². The molecule has 0 saturated carbocycles. The molecule has 0 spiro atoms. The second-order valence-electron chi connectivity index (χ2n) is 5.26. The van der Waals surface area contributed by atoms with Crippen molar-refractivity contribution >= 4 is 5.69 Å². The Morgan fingerprint density at radius 3 is 2.67 bits per heavy atom. The normalized spacial score (nSPS) is 27.4. The molecule has 2 atom stereocenters. The fourth-order valence-corrected chi connectivity index (χ4v) is 3.30. The molecule has 1 aromatic carbocycles. The number of hydrogen-bond acceptors (Lipinski definition) is 3. The second-order valence-corrected chi connectivity index (χ2v) is 5.26. The number of nitrogens with one attached hydrogen (secondary N) is 1. The standard InChI is InChI=1S/C15H19N3/c16-11-12-5-7-13(8-6-12)18-10-2-4-15(18)14-3-1-9-17-14/h5-8,14-15,17H,1-4,9-10H2. The summed E-state index contributed by atoms with van der Waals surface area (Å²) in [5, 5.41) is 12.5. The molecule has 0 bridgehead atoms. The molecule has 18 heavy (non-hydrogen) atoms. The van der Waals surface area contributed by atoms with Crippen molar-refractivity contribution in [2.75, 3.05) is 18.0 Å². The largest absolute Gasteiger partial charge is 0.367 e. The van der Waals surface area contributed by atoms with Crippen molar-refractivity contribution in [2.45, 2.75) is 37.8 Å². The maximum atomic E-state index is 8.84. The number of rotatable bonds is 2. The molecule has 0 radical (unpaired) electrons. The first-order valence-electron chi connectivity index (χ1n) is 6.89. The molecule has 1 N–H and O–H groups in total. The van der Waals surface area contributed by atoms with Gasteiger partial charge in [0.2, 0.25) is 0 Å². The highest BCUT2D eigenvalue weighted by atomic mass is 15.2. The van der Waals surface area contributed by atoms with Gasteiger partial charge in [-0.2, -0.15) is 5.26 Å². The van der Waals surface area contributed by atoms with Gasteiger partial charge in [-0.15, -0.1) is 0 Å². The highest BCUT2D eigenvalue weighted by Crippen LogP contribution is 2.30. The predicted molar refractivity (Wildman–Crippen MR) is 72.5 cm³/mol. The Hall–Kier alpha value is -1.53. The zero-order chi connectivity index (χ0) is 12.4. The Bertz CT molecular complexity index is 440. The molecule has 2 unspecified atom stereocenters. The Labute approximate surface area is 108 Å². The summed E-state index contributed by atoms with van der Waals surface area (Å²) in [4.78, 5) is 2.52. The summed E-state index contributed by atoms with van der Waals surface area (Å²) in [7, 11) is 0. The molecule has 1 aromatic rings. The van der Waals surface area contributed by atoms with Crippen LogP contribution in [0.15, 0.2) is 24.3 Å². The van der Waals surface area contributed by atoms with E-state index >= 15 is 0 Å². The van der Waals surface area contributed by atoms with Gasteiger partial charge in [-0.3, -0.25) is 0 Å². The van der Waals surface area contributed by atoms with Crippen molar-refractivity contribution in [2.24, 2.45) is 0 Å². The third-order valence-corrected chi connectivity index (χ3v) is 4.19. The van der Waals surface area contributed by atoms with Crippen LogP contribution < -0.4 is 10.2 Å². The van der Waals surface area contributed by atoms with Gasteiger partial charge < -0.3 is 10.2 Å². The molecule has 0 aromatic heterocycles. The first-order chi connectivity index (χ1) is 8.88. The van der Waals surface area contributed by atoms with Crippen molar-refractivity contribution in [3.05, 3.63) is 29.8 Å². The van der Waals surface area contributed by atoms with Gasteiger partial charge in [0.15, 0.2) is 0 Å². The van der Waals surface area contributed by atoms with Crippen LogP contribution in [0, 0.1) is 11.3 Å². The van der Waals surface area contributed by atoms with Crippen LogP contribution in [0.1, 0.15) is 31.2 Å². The first-order valence-corrected chi connectivity index (χ1v) is 6.89. The van der Waals surface area contributed by atoms with Crippen LogP contribution in [-0.4, -0.2) is 25.2 Å². The summed E-state index contributed by atoms with van der Waals surface area (Å²) in [5.41, 5.74) is 2.01. The van der Waals surface area contributed by atoms with Gasteiger partial charge in [-0.1, -0.05) is 0 Å². The van der Waals surface area contributed by atoms with E-state index in [9.17, 15) is 0 Å². The molecular formula is C15H19N3. The minimum absolute atomic E-state index is 0.639. The molecule has 3 heteroatoms. The smallest absolute Gasteiger partial charge is 0.0991 e. The lowest BCUT2D eigenvalue weighted by Crippen LogP contribution is -2.44. The zero-order valence-corrected chi connectivity index (χ0v) is 10.6. The Kier molecular flexibility index (Phi) is 3.21. The molecule has 3 nitrogen and oxygen atoms in total. The summed E-state index contributed by atoms with van der Waals surface area (Å²) in [6.07, 6.45) is 5.18. The molecule has 2 fully saturated rings. The first kappa shape index (κ1) is 11.6. The SMILES string of the molecule is N#Cc1ccc(N2CCCC2C2CCCN2)cc1. The fraction of sp³-hybridized carbons (Fsp3) is 0.533. The summed E-state index contributed by atoms with van der Waals surface area (Å²) >= 11 is 0. The van der Waals surface area contributed by atoms with E-state index in [2.05, 4.69) is 28.4 Å². The van der Waals surface area contributed by atoms with Crippen LogP contribution in [0.5, 0.6) is 0 Å². The van der Waals surface area contributed by atoms with Gasteiger partial charge in [-0.25, -0.2) is 0 Å². The van der Waals surface area contributed by atoms with Crippen LogP contribution in [0.2, 0.25) is 0 Å². The molecule has 0 amide bonds. The highest BCUT2D eigenvalue weighted by molar-refractivity contribution is 5.51. The number of anilines is 1. The molecule has 94 valence electrons. The third kappa shape index (κ3) is 2.09. The van der Waals surface area contributed by atoms with E-state index in [0.29, 0.717) is 12.1 Å². The summed E-state index contributed by atoms with van der Waals surface area (Å²) in [6, 6.07) is 11.5. The quantitative estimate of drug-likeness (QED) is 0.863. The lowest BCUT2D eigenvalue weighted by Gasteiger charge is -2.31. The zero-order valence-electron chi connectivity index (χ0n) is 10.6. The van der Waals surface area contributed by atoms with Crippen molar-refractivity contribution < 1.29 is 0 Å². The van der Waals surface area contributed by atoms with E-state index in [4.69, 9.17) is 5.26 Å². The topological polar surface area (TPSA) is 39.1 Å². The maximum absolute atomic E-state index is 8.84. The van der Waals surface area contributed by atoms with Gasteiger partial charge in [0.1, 0.15) is 0 Å². The van der Waals surface area contributed by atoms with Crippen molar-refractivity contribution in [1.82, 2.24) is 5.32 Å². The van der Waals surface area contributed by atoms with Crippen LogP contribution in [-0.2, 0) is 0 Å². The molecule has 0 aliphatic carbocycles. The van der Waals surface area contributed by atoms with Gasteiger partial charge in [-0.05, 0) is 56.5 Å². The minimum atomic E-state index is 0.639. The summed E-state index contributed by atoms with van der Waals surface area (Å²) in [6.45, 7) is 2.32. The fourth-order valence-electron chi connectivity index (χ4n) is 3.30. The highest BCUT2D eigenvalue weighted by Gasteiger charge is 2.33. The number of hydrogen-bond donors (Lipinski definition) is 1. The van der Waals surface area contributed by atoms with Crippen LogP contribution in [0.25, 0.3) is 0 Å². The predicted octanol–water partition coefficient (Wildman–Crippen LogP) is 2.28. The summed E-state index contributed by atoms with van der Waals surface area (Å²) < 4.78 is 0. The van der Waals surface area contributed by atoms with Crippen LogP contribution in [0.3, 0.4) is 0 Å². The monoisotopic (exact) mass is 241 g/mol. The number of nitriles is 1. The second kappa shape index (κ2) is 4.99. The average molecular weight is 241 g/mol. The average Bonchev–Trinajstić information content (AvgIpc) is 3.09. The van der Waals surface area contributed by atoms with Gasteiger partial charge in [0.05, 0.1) is 11.6 Å². The third-order valence-electron chi connectivity index (χ3n) is 4.19. The number of nitrogens with zero attached hydrogens (tertiary/aromatic N) is 2. The Balaban J connectivity index is 1.79. The van der Waals surface area contributed by atoms with Gasteiger partial charge in [0.25, 0.3) is 0 Å². The van der Waals surface area contributed by atoms with E-state index in [0.717, 1.165) is 12.1 Å². The number of benzene rings is 1. The maximum Gasteiger partial charge on any atom is 0.0991 e. The van der Waals surface area contributed by atoms with E-state index in [1.807, 2.05) is 12.1 Å². The molecule has 3 rings (SSSR count). The molecule has 2 heterocycles. The molecule has 2 aliphatic heterocycles. The van der Waals surface area contributed by atoms with Crippen molar-refractivity contribution in [3.63, 3.8) is 0 Å². The van der Waals surface area contributed by atoms with Gasteiger partial charge in [0, 0.05) is 24.3 Å². The van der Waals surface area contributed by atoms with E-state index in [-0.39, 0.29) is 0 Å². The van der Waals surface area contributed by atoms with Gasteiger partial charge >= 0.3 is 0 Å². The lowest BCUT2D eigenvalue weighted by atomic mass is 10.0.